The number of benzene rings is 4. The molecule has 0 bridgehead atoms. The quantitative estimate of drug-likeness (QED) is 0.365. The van der Waals surface area contributed by atoms with Crippen molar-refractivity contribution in [2.45, 2.75) is 32.1 Å². The molecule has 4 aromatic carbocycles. The summed E-state index contributed by atoms with van der Waals surface area (Å²) in [6, 6.07) is 31.8. The average molecular weight is 405 g/mol. The maximum absolute atomic E-state index is 9.43. The molecular formula is C29H28N2. The van der Waals surface area contributed by atoms with Crippen LogP contribution in [0.3, 0.4) is 0 Å². The van der Waals surface area contributed by atoms with Gasteiger partial charge < -0.3 is 5.32 Å². The smallest absolute Gasteiger partial charge is 0.0998 e. The summed E-state index contributed by atoms with van der Waals surface area (Å²) in [7, 11) is 2.01. The second-order valence-corrected chi connectivity index (χ2v) is 8.40. The van der Waals surface area contributed by atoms with Crippen molar-refractivity contribution < 1.29 is 0 Å². The van der Waals surface area contributed by atoms with Crippen LogP contribution in [-0.4, -0.2) is 7.05 Å². The first-order valence-electron chi connectivity index (χ1n) is 10.9. The largest absolute Gasteiger partial charge is 0.388 e. The Morgan fingerprint density at radius 2 is 1.58 bits per heavy atom. The fourth-order valence-electron chi connectivity index (χ4n) is 4.61. The second kappa shape index (κ2) is 8.66. The van der Waals surface area contributed by atoms with Gasteiger partial charge in [0.15, 0.2) is 0 Å². The van der Waals surface area contributed by atoms with Crippen molar-refractivity contribution in [2.75, 3.05) is 12.4 Å². The van der Waals surface area contributed by atoms with E-state index in [1.807, 2.05) is 31.3 Å². The minimum absolute atomic E-state index is 0.00865. The van der Waals surface area contributed by atoms with Crippen molar-refractivity contribution in [1.29, 1.82) is 5.26 Å². The van der Waals surface area contributed by atoms with Crippen molar-refractivity contribution >= 4 is 16.5 Å². The number of anilines is 1. The zero-order chi connectivity index (χ0) is 21.8. The Labute approximate surface area is 185 Å². The second-order valence-electron chi connectivity index (χ2n) is 8.40. The lowest BCUT2D eigenvalue weighted by Gasteiger charge is -2.33. The Balaban J connectivity index is 1.73. The minimum Gasteiger partial charge on any atom is -0.388 e. The standard InChI is InChI=1S/C29H28N2/c1-4-29(2,28-26-12-8-5-9-22(26)17-18-27(28)31-3)19-21-13-15-23(16-14-21)25-11-7-6-10-24(25)20-30/h5-18,31H,4,19H2,1-3H3. The highest BCUT2D eigenvalue weighted by atomic mass is 14.8. The lowest BCUT2D eigenvalue weighted by molar-refractivity contribution is 0.457. The summed E-state index contributed by atoms with van der Waals surface area (Å²) >= 11 is 0. The first-order chi connectivity index (χ1) is 15.1. The van der Waals surface area contributed by atoms with Crippen LogP contribution in [-0.2, 0) is 11.8 Å². The number of nitrogens with one attached hydrogen (secondary N) is 1. The molecule has 2 nitrogen and oxygen atoms in total. The number of nitrogens with zero attached hydrogens (tertiary/aromatic N) is 1. The molecule has 4 aromatic rings. The predicted octanol–water partition coefficient (Wildman–Crippen LogP) is 7.33. The SMILES string of the molecule is CCC(C)(Cc1ccc(-c2ccccc2C#N)cc1)c1c(NC)ccc2ccccc12. The summed E-state index contributed by atoms with van der Waals surface area (Å²) in [5.41, 5.74) is 6.66. The van der Waals surface area contributed by atoms with Crippen LogP contribution in [0.25, 0.3) is 21.9 Å². The van der Waals surface area contributed by atoms with Gasteiger partial charge in [-0.2, -0.15) is 5.26 Å². The Kier molecular flexibility index (Phi) is 5.78. The third-order valence-electron chi connectivity index (χ3n) is 6.49. The molecule has 154 valence electrons. The molecule has 1 atom stereocenters. The van der Waals surface area contributed by atoms with Crippen LogP contribution in [0.5, 0.6) is 0 Å². The van der Waals surface area contributed by atoms with Crippen molar-refractivity contribution in [1.82, 2.24) is 0 Å². The minimum atomic E-state index is -0.00865. The van der Waals surface area contributed by atoms with E-state index in [4.69, 9.17) is 0 Å². The summed E-state index contributed by atoms with van der Waals surface area (Å²) in [5.74, 6) is 0. The van der Waals surface area contributed by atoms with E-state index in [2.05, 4.69) is 85.9 Å². The normalized spacial score (nSPS) is 12.8. The molecule has 31 heavy (non-hydrogen) atoms. The van der Waals surface area contributed by atoms with Crippen LogP contribution < -0.4 is 5.32 Å². The fourth-order valence-corrected chi connectivity index (χ4v) is 4.61. The number of fused-ring (bicyclic) bond motifs is 1. The highest BCUT2D eigenvalue weighted by molar-refractivity contribution is 5.91. The number of hydrogen-bond donors (Lipinski definition) is 1. The first kappa shape index (κ1) is 20.7. The average Bonchev–Trinajstić information content (AvgIpc) is 2.83. The molecule has 2 heteroatoms. The Morgan fingerprint density at radius 1 is 0.871 bits per heavy atom. The number of hydrogen-bond acceptors (Lipinski definition) is 2. The van der Waals surface area contributed by atoms with E-state index in [0.29, 0.717) is 5.56 Å². The maximum atomic E-state index is 9.43. The molecule has 0 saturated heterocycles. The van der Waals surface area contributed by atoms with Crippen LogP contribution >= 0.6 is 0 Å². The third kappa shape index (κ3) is 3.92. The van der Waals surface area contributed by atoms with Gasteiger partial charge >= 0.3 is 0 Å². The Hall–Kier alpha value is -3.57. The van der Waals surface area contributed by atoms with E-state index in [9.17, 15) is 5.26 Å². The van der Waals surface area contributed by atoms with Crippen LogP contribution in [0, 0.1) is 11.3 Å². The van der Waals surface area contributed by atoms with Crippen molar-refractivity contribution in [3.8, 4) is 17.2 Å². The molecule has 0 aliphatic carbocycles. The molecule has 0 aliphatic heterocycles. The molecule has 0 fully saturated rings. The van der Waals surface area contributed by atoms with Crippen molar-refractivity contribution in [2.24, 2.45) is 0 Å². The highest BCUT2D eigenvalue weighted by Gasteiger charge is 2.29. The topological polar surface area (TPSA) is 35.8 Å². The van der Waals surface area contributed by atoms with Crippen LogP contribution in [0.4, 0.5) is 5.69 Å². The van der Waals surface area contributed by atoms with E-state index in [1.165, 1.54) is 27.6 Å². The van der Waals surface area contributed by atoms with Gasteiger partial charge in [-0.1, -0.05) is 86.6 Å². The lowest BCUT2D eigenvalue weighted by atomic mass is 9.72. The van der Waals surface area contributed by atoms with Gasteiger partial charge in [0.2, 0.25) is 0 Å². The number of rotatable bonds is 6. The molecule has 1 N–H and O–H groups in total. The fraction of sp³-hybridized carbons (Fsp3) is 0.207. The third-order valence-corrected chi connectivity index (χ3v) is 6.49. The Bertz CT molecular complexity index is 1250. The van der Waals surface area contributed by atoms with E-state index in [1.54, 1.807) is 0 Å². The van der Waals surface area contributed by atoms with E-state index in [0.717, 1.165) is 24.0 Å². The molecule has 0 spiro atoms. The molecule has 0 aromatic heterocycles. The van der Waals surface area contributed by atoms with Gasteiger partial charge in [0.25, 0.3) is 0 Å². The molecule has 0 radical (unpaired) electrons. The summed E-state index contributed by atoms with van der Waals surface area (Å²) in [6.45, 7) is 4.65. The summed E-state index contributed by atoms with van der Waals surface area (Å²) in [6.07, 6.45) is 1.99. The van der Waals surface area contributed by atoms with Gasteiger partial charge in [0.05, 0.1) is 11.6 Å². The Morgan fingerprint density at radius 3 is 2.29 bits per heavy atom. The van der Waals surface area contributed by atoms with E-state index in [-0.39, 0.29) is 5.41 Å². The molecule has 1 unspecified atom stereocenters. The summed E-state index contributed by atoms with van der Waals surface area (Å²) in [5, 5.41) is 15.4. The van der Waals surface area contributed by atoms with Crippen LogP contribution in [0.1, 0.15) is 37.0 Å². The van der Waals surface area contributed by atoms with Crippen molar-refractivity contribution in [3.05, 3.63) is 102 Å². The van der Waals surface area contributed by atoms with Gasteiger partial charge in [-0.3, -0.25) is 0 Å². The summed E-state index contributed by atoms with van der Waals surface area (Å²) < 4.78 is 0. The van der Waals surface area contributed by atoms with Gasteiger partial charge in [-0.05, 0) is 63.4 Å². The zero-order valence-electron chi connectivity index (χ0n) is 18.4. The van der Waals surface area contributed by atoms with E-state index < -0.39 is 0 Å². The molecular weight excluding hydrogens is 376 g/mol. The molecule has 0 aliphatic rings. The molecule has 4 rings (SSSR count). The predicted molar refractivity (Wildman–Crippen MR) is 131 cm³/mol. The summed E-state index contributed by atoms with van der Waals surface area (Å²) in [4.78, 5) is 0. The van der Waals surface area contributed by atoms with Gasteiger partial charge in [-0.15, -0.1) is 0 Å². The van der Waals surface area contributed by atoms with E-state index >= 15 is 0 Å². The molecule has 0 heterocycles. The van der Waals surface area contributed by atoms with Gasteiger partial charge in [0.1, 0.15) is 0 Å². The monoisotopic (exact) mass is 404 g/mol. The highest BCUT2D eigenvalue weighted by Crippen LogP contribution is 2.41. The lowest BCUT2D eigenvalue weighted by Crippen LogP contribution is -2.25. The van der Waals surface area contributed by atoms with Crippen LogP contribution in [0.15, 0.2) is 84.9 Å². The zero-order valence-corrected chi connectivity index (χ0v) is 18.4. The van der Waals surface area contributed by atoms with Crippen molar-refractivity contribution in [3.63, 3.8) is 0 Å². The number of nitriles is 1. The first-order valence-corrected chi connectivity index (χ1v) is 10.9. The van der Waals surface area contributed by atoms with Crippen LogP contribution in [0.2, 0.25) is 0 Å². The molecule has 0 saturated carbocycles. The molecule has 0 amide bonds. The maximum Gasteiger partial charge on any atom is 0.0998 e. The van der Waals surface area contributed by atoms with Gasteiger partial charge in [0, 0.05) is 12.7 Å². The van der Waals surface area contributed by atoms with Gasteiger partial charge in [-0.25, -0.2) is 0 Å².